The Balaban J connectivity index is 3.44. The maximum atomic E-state index is 13.0. The zero-order chi connectivity index (χ0) is 10.2. The van der Waals surface area contributed by atoms with E-state index in [2.05, 4.69) is 15.9 Å². The average Bonchev–Trinajstić information content (AvgIpc) is 1.99. The van der Waals surface area contributed by atoms with Crippen LogP contribution in [0.15, 0.2) is 10.5 Å². The van der Waals surface area contributed by atoms with Gasteiger partial charge in [0.25, 0.3) is 0 Å². The monoisotopic (exact) mass is 270 g/mol. The highest BCUT2D eigenvalue weighted by Gasteiger charge is 2.24. The van der Waals surface area contributed by atoms with Gasteiger partial charge in [-0.05, 0) is 6.07 Å². The van der Waals surface area contributed by atoms with Gasteiger partial charge in [-0.3, -0.25) is 0 Å². The zero-order valence-electron chi connectivity index (χ0n) is 6.06. The summed E-state index contributed by atoms with van der Waals surface area (Å²) in [6.07, 6.45) is 0. The minimum Gasteiger partial charge on any atom is -0.423 e. The van der Waals surface area contributed by atoms with Crippen LogP contribution in [0.4, 0.5) is 8.78 Å². The van der Waals surface area contributed by atoms with Crippen LogP contribution in [-0.2, 0) is 0 Å². The van der Waals surface area contributed by atoms with E-state index >= 15 is 0 Å². The molecule has 1 rings (SSSR count). The number of halogens is 4. The highest BCUT2D eigenvalue weighted by atomic mass is 79.9. The van der Waals surface area contributed by atoms with Crippen molar-refractivity contribution in [3.8, 4) is 0 Å². The molecule has 0 saturated carbocycles. The van der Waals surface area contributed by atoms with Gasteiger partial charge in [-0.2, -0.15) is 0 Å². The fourth-order valence-corrected chi connectivity index (χ4v) is 1.75. The minimum atomic E-state index is -2.08. The van der Waals surface area contributed by atoms with Gasteiger partial charge in [-0.15, -0.1) is 0 Å². The smallest absolute Gasteiger partial charge is 0.423 e. The third-order valence-electron chi connectivity index (χ3n) is 1.41. The van der Waals surface area contributed by atoms with Crippen LogP contribution in [0.25, 0.3) is 0 Å². The SMILES string of the molecule is OB(O)c1c(Br)cc(Cl)c(F)c1F. The quantitative estimate of drug-likeness (QED) is 0.455. The van der Waals surface area contributed by atoms with Crippen molar-refractivity contribution in [2.24, 2.45) is 0 Å². The van der Waals surface area contributed by atoms with Gasteiger partial charge in [0.1, 0.15) is 0 Å². The van der Waals surface area contributed by atoms with Gasteiger partial charge in [0.2, 0.25) is 0 Å². The Kier molecular flexibility index (Phi) is 3.29. The lowest BCUT2D eigenvalue weighted by Gasteiger charge is -2.06. The van der Waals surface area contributed by atoms with Crippen LogP contribution in [0.3, 0.4) is 0 Å². The molecule has 0 aliphatic rings. The highest BCUT2D eigenvalue weighted by Crippen LogP contribution is 2.21. The van der Waals surface area contributed by atoms with Gasteiger partial charge in [0, 0.05) is 9.94 Å². The molecule has 7 heteroatoms. The van der Waals surface area contributed by atoms with Gasteiger partial charge in [-0.1, -0.05) is 27.5 Å². The molecule has 0 saturated heterocycles. The van der Waals surface area contributed by atoms with E-state index in [-0.39, 0.29) is 4.47 Å². The summed E-state index contributed by atoms with van der Waals surface area (Å²) in [5, 5.41) is 16.9. The Hall–Kier alpha value is -0.165. The van der Waals surface area contributed by atoms with Crippen LogP contribution >= 0.6 is 27.5 Å². The molecule has 1 aromatic carbocycles. The van der Waals surface area contributed by atoms with Crippen molar-refractivity contribution in [3.05, 3.63) is 27.2 Å². The first-order chi connectivity index (χ1) is 5.95. The Labute approximate surface area is 86.4 Å². The Bertz CT molecular complexity index is 348. The van der Waals surface area contributed by atoms with Gasteiger partial charge in [-0.25, -0.2) is 8.78 Å². The van der Waals surface area contributed by atoms with E-state index in [0.29, 0.717) is 0 Å². The molecule has 0 fully saturated rings. The molecule has 0 amide bonds. The largest absolute Gasteiger partial charge is 0.492 e. The number of hydrogen-bond donors (Lipinski definition) is 2. The normalized spacial score (nSPS) is 10.3. The minimum absolute atomic E-state index is 0.00593. The van der Waals surface area contributed by atoms with E-state index in [1.807, 2.05) is 0 Å². The first kappa shape index (κ1) is 10.9. The second-order valence-corrected chi connectivity index (χ2v) is 3.52. The predicted octanol–water partition coefficient (Wildman–Crippen LogP) is 1.06. The molecule has 0 bridgehead atoms. The van der Waals surface area contributed by atoms with E-state index in [1.165, 1.54) is 0 Å². The molecule has 0 heterocycles. The van der Waals surface area contributed by atoms with Crippen LogP contribution in [0, 0.1) is 11.6 Å². The molecule has 0 aliphatic heterocycles. The van der Waals surface area contributed by atoms with E-state index in [4.69, 9.17) is 21.6 Å². The maximum Gasteiger partial charge on any atom is 0.492 e. The van der Waals surface area contributed by atoms with Gasteiger partial charge < -0.3 is 10.0 Å². The van der Waals surface area contributed by atoms with Crippen LogP contribution in [-0.4, -0.2) is 17.2 Å². The average molecular weight is 271 g/mol. The molecule has 0 radical (unpaired) electrons. The van der Waals surface area contributed by atoms with Crippen LogP contribution in [0.2, 0.25) is 5.02 Å². The Morgan fingerprint density at radius 3 is 2.31 bits per heavy atom. The lowest BCUT2D eigenvalue weighted by atomic mass is 9.80. The van der Waals surface area contributed by atoms with E-state index in [9.17, 15) is 8.78 Å². The van der Waals surface area contributed by atoms with Gasteiger partial charge >= 0.3 is 7.12 Å². The molecule has 0 unspecified atom stereocenters. The standard InChI is InChI=1S/C6H3BBrClF2O2/c8-2-1-3(9)5(10)6(11)4(2)7(12)13/h1,12-13H. The topological polar surface area (TPSA) is 40.5 Å². The molecular formula is C6H3BBrClF2O2. The summed E-state index contributed by atoms with van der Waals surface area (Å²) in [5.74, 6) is -2.66. The van der Waals surface area contributed by atoms with E-state index in [0.717, 1.165) is 6.07 Å². The fraction of sp³-hybridized carbons (Fsp3) is 0. The first-order valence-electron chi connectivity index (χ1n) is 3.14. The molecule has 0 aliphatic carbocycles. The van der Waals surface area contributed by atoms with Crippen LogP contribution in [0.1, 0.15) is 0 Å². The second kappa shape index (κ2) is 3.92. The fourth-order valence-electron chi connectivity index (χ4n) is 0.817. The summed E-state index contributed by atoms with van der Waals surface area (Å²) in [6.45, 7) is 0. The number of rotatable bonds is 1. The first-order valence-corrected chi connectivity index (χ1v) is 4.31. The molecule has 2 nitrogen and oxygen atoms in total. The molecule has 0 aromatic heterocycles. The van der Waals surface area contributed by atoms with Crippen molar-refractivity contribution in [2.45, 2.75) is 0 Å². The zero-order valence-corrected chi connectivity index (χ0v) is 8.40. The van der Waals surface area contributed by atoms with Crippen molar-refractivity contribution in [2.75, 3.05) is 0 Å². The van der Waals surface area contributed by atoms with Gasteiger partial charge in [0.05, 0.1) is 5.02 Å². The molecule has 0 spiro atoms. The third-order valence-corrected chi connectivity index (χ3v) is 2.34. The molecular weight excluding hydrogens is 268 g/mol. The molecule has 1 aromatic rings. The van der Waals surface area contributed by atoms with Gasteiger partial charge in [0.15, 0.2) is 11.6 Å². The highest BCUT2D eigenvalue weighted by molar-refractivity contribution is 9.10. The molecule has 2 N–H and O–H groups in total. The van der Waals surface area contributed by atoms with Crippen molar-refractivity contribution in [1.82, 2.24) is 0 Å². The third kappa shape index (κ3) is 2.02. The van der Waals surface area contributed by atoms with Crippen molar-refractivity contribution >= 4 is 40.1 Å². The lowest BCUT2D eigenvalue weighted by molar-refractivity contribution is 0.419. The lowest BCUT2D eigenvalue weighted by Crippen LogP contribution is -2.34. The number of hydrogen-bond acceptors (Lipinski definition) is 2. The predicted molar refractivity (Wildman–Crippen MR) is 48.9 cm³/mol. The summed E-state index contributed by atoms with van der Waals surface area (Å²) in [7, 11) is -2.08. The number of benzene rings is 1. The Morgan fingerprint density at radius 2 is 1.85 bits per heavy atom. The second-order valence-electron chi connectivity index (χ2n) is 2.26. The summed E-state index contributed by atoms with van der Waals surface area (Å²) < 4.78 is 25.8. The summed E-state index contributed by atoms with van der Waals surface area (Å²) in [6, 6.07) is 1.05. The molecule has 13 heavy (non-hydrogen) atoms. The molecule has 70 valence electrons. The summed E-state index contributed by atoms with van der Waals surface area (Å²) >= 11 is 8.11. The summed E-state index contributed by atoms with van der Waals surface area (Å²) in [4.78, 5) is 0. The Morgan fingerprint density at radius 1 is 1.31 bits per heavy atom. The van der Waals surface area contributed by atoms with Crippen molar-refractivity contribution in [3.63, 3.8) is 0 Å². The van der Waals surface area contributed by atoms with Crippen LogP contribution in [0.5, 0.6) is 0 Å². The van der Waals surface area contributed by atoms with Crippen molar-refractivity contribution in [1.29, 1.82) is 0 Å². The van der Waals surface area contributed by atoms with Crippen LogP contribution < -0.4 is 5.46 Å². The van der Waals surface area contributed by atoms with E-state index < -0.39 is 29.2 Å². The van der Waals surface area contributed by atoms with Crippen molar-refractivity contribution < 1.29 is 18.8 Å². The summed E-state index contributed by atoms with van der Waals surface area (Å²) in [5.41, 5.74) is -0.568. The van der Waals surface area contributed by atoms with E-state index in [1.54, 1.807) is 0 Å². The maximum absolute atomic E-state index is 13.0. The molecule has 0 atom stereocenters.